The van der Waals surface area contributed by atoms with Crippen molar-refractivity contribution in [3.05, 3.63) is 6.20 Å². The largest absolute Gasteiger partial charge is 0.370 e. The topological polar surface area (TPSA) is 87.7 Å². The molecule has 1 aromatic rings. The lowest BCUT2D eigenvalue weighted by Crippen LogP contribution is -2.37. The van der Waals surface area contributed by atoms with Gasteiger partial charge in [-0.3, -0.25) is 19.8 Å². The van der Waals surface area contributed by atoms with Crippen molar-refractivity contribution in [2.24, 2.45) is 5.92 Å². The van der Waals surface area contributed by atoms with Crippen LogP contribution in [0.15, 0.2) is 6.20 Å². The molecule has 0 aromatic carbocycles. The fourth-order valence-corrected chi connectivity index (χ4v) is 3.51. The second-order valence-electron chi connectivity index (χ2n) is 7.50. The van der Waals surface area contributed by atoms with Gasteiger partial charge in [-0.25, -0.2) is 4.98 Å². The lowest BCUT2D eigenvalue weighted by Gasteiger charge is -2.29. The maximum absolute atomic E-state index is 12.0. The Balaban J connectivity index is 1.88. The fourth-order valence-electron chi connectivity index (χ4n) is 3.51. The zero-order valence-electron chi connectivity index (χ0n) is 16.4. The number of carbonyl (C=O) groups excluding carboxylic acids is 2. The van der Waals surface area contributed by atoms with E-state index in [9.17, 15) is 9.59 Å². The molecule has 1 aliphatic heterocycles. The molecule has 2 unspecified atom stereocenters. The van der Waals surface area contributed by atoms with Crippen LogP contribution in [0.4, 0.5) is 17.5 Å². The summed E-state index contributed by atoms with van der Waals surface area (Å²) >= 11 is 0. The Morgan fingerprint density at radius 2 is 2.15 bits per heavy atom. The summed E-state index contributed by atoms with van der Waals surface area (Å²) in [5, 5.41) is 2.60. The number of nitrogens with zero attached hydrogens (tertiary/aromatic N) is 4. The van der Waals surface area contributed by atoms with Crippen molar-refractivity contribution in [3.63, 3.8) is 0 Å². The summed E-state index contributed by atoms with van der Waals surface area (Å²) < 4.78 is 6.09. The van der Waals surface area contributed by atoms with Crippen LogP contribution in [0.3, 0.4) is 0 Å². The average Bonchev–Trinajstić information content (AvgIpc) is 3.32. The minimum absolute atomic E-state index is 0.173. The number of ether oxygens (including phenoxy) is 1. The Kier molecular flexibility index (Phi) is 6.26. The number of hydrogen-bond donors (Lipinski definition) is 1. The Hall–Kier alpha value is -2.22. The van der Waals surface area contributed by atoms with E-state index in [0.717, 1.165) is 44.3 Å². The lowest BCUT2D eigenvalue weighted by atomic mass is 10.1. The highest BCUT2D eigenvalue weighted by Gasteiger charge is 2.33. The number of amides is 2. The van der Waals surface area contributed by atoms with Crippen molar-refractivity contribution in [1.82, 2.24) is 9.97 Å². The number of aromatic nitrogens is 2. The average molecular weight is 375 g/mol. The minimum Gasteiger partial charge on any atom is -0.370 e. The van der Waals surface area contributed by atoms with Gasteiger partial charge in [0.25, 0.3) is 0 Å². The summed E-state index contributed by atoms with van der Waals surface area (Å²) in [5.41, 5.74) is 0.769. The molecule has 8 nitrogen and oxygen atoms in total. The van der Waals surface area contributed by atoms with E-state index in [4.69, 9.17) is 4.74 Å². The Morgan fingerprint density at radius 1 is 1.37 bits per heavy atom. The molecule has 148 valence electrons. The number of anilines is 3. The normalized spacial score (nSPS) is 21.7. The van der Waals surface area contributed by atoms with Gasteiger partial charge in [-0.1, -0.05) is 13.3 Å². The maximum Gasteiger partial charge on any atom is 0.231 e. The van der Waals surface area contributed by atoms with Gasteiger partial charge < -0.3 is 9.64 Å². The highest BCUT2D eigenvalue weighted by Crippen LogP contribution is 2.36. The van der Waals surface area contributed by atoms with E-state index < -0.39 is 0 Å². The van der Waals surface area contributed by atoms with Gasteiger partial charge >= 0.3 is 0 Å². The summed E-state index contributed by atoms with van der Waals surface area (Å²) in [6.07, 6.45) is 8.47. The second-order valence-corrected chi connectivity index (χ2v) is 7.50. The molecule has 1 saturated heterocycles. The third-order valence-corrected chi connectivity index (χ3v) is 5.04. The van der Waals surface area contributed by atoms with Gasteiger partial charge in [-0.15, -0.1) is 0 Å². The lowest BCUT2D eigenvalue weighted by molar-refractivity contribution is -0.114. The molecule has 0 spiro atoms. The van der Waals surface area contributed by atoms with Crippen molar-refractivity contribution in [2.75, 3.05) is 28.7 Å². The monoisotopic (exact) mass is 375 g/mol. The molecule has 1 saturated carbocycles. The molecule has 2 fully saturated rings. The Labute approximate surface area is 160 Å². The van der Waals surface area contributed by atoms with Crippen LogP contribution in [0.2, 0.25) is 0 Å². The molecule has 3 rings (SSSR count). The fraction of sp³-hybridized carbons (Fsp3) is 0.684. The molecule has 27 heavy (non-hydrogen) atoms. The van der Waals surface area contributed by atoms with Crippen LogP contribution in [0.25, 0.3) is 0 Å². The van der Waals surface area contributed by atoms with Crippen LogP contribution in [0.5, 0.6) is 0 Å². The van der Waals surface area contributed by atoms with Gasteiger partial charge in [-0.05, 0) is 38.0 Å². The summed E-state index contributed by atoms with van der Waals surface area (Å²) in [6, 6.07) is 0. The molecule has 1 aromatic heterocycles. The first-order chi connectivity index (χ1) is 13.0. The van der Waals surface area contributed by atoms with E-state index in [2.05, 4.69) is 27.1 Å². The highest BCUT2D eigenvalue weighted by molar-refractivity contribution is 5.88. The van der Waals surface area contributed by atoms with Gasteiger partial charge in [-0.2, -0.15) is 4.98 Å². The first-order valence-corrected chi connectivity index (χ1v) is 9.76. The standard InChI is InChI=1S/C19H29N5O3/c1-4-5-15-8-9-17(27-15)24(12-25)18-16(23(3)11-14-6-7-14)10-20-19(22-18)21-13(2)26/h10,12,14-15,17H,4-9,11H2,1-3H3,(H,20,21,22,26). The van der Waals surface area contributed by atoms with E-state index in [-0.39, 0.29) is 24.2 Å². The van der Waals surface area contributed by atoms with E-state index in [1.807, 2.05) is 7.05 Å². The van der Waals surface area contributed by atoms with E-state index in [0.29, 0.717) is 11.7 Å². The first-order valence-electron chi connectivity index (χ1n) is 9.76. The SMILES string of the molecule is CCCC1CCC(N(C=O)c2nc(NC(C)=O)ncc2N(C)CC2CC2)O1. The molecule has 2 heterocycles. The molecule has 1 N–H and O–H groups in total. The predicted molar refractivity (Wildman–Crippen MR) is 104 cm³/mol. The van der Waals surface area contributed by atoms with Crippen molar-refractivity contribution >= 4 is 29.8 Å². The summed E-state index contributed by atoms with van der Waals surface area (Å²) in [5.74, 6) is 1.10. The zero-order valence-corrected chi connectivity index (χ0v) is 16.4. The molecular weight excluding hydrogens is 346 g/mol. The molecule has 8 heteroatoms. The smallest absolute Gasteiger partial charge is 0.231 e. The summed E-state index contributed by atoms with van der Waals surface area (Å²) in [7, 11) is 1.98. The second kappa shape index (κ2) is 8.65. The molecule has 2 atom stereocenters. The van der Waals surface area contributed by atoms with E-state index in [1.165, 1.54) is 19.8 Å². The van der Waals surface area contributed by atoms with Gasteiger partial charge in [0.05, 0.1) is 18.0 Å². The van der Waals surface area contributed by atoms with Crippen molar-refractivity contribution in [2.45, 2.75) is 64.7 Å². The van der Waals surface area contributed by atoms with Gasteiger partial charge in [0.1, 0.15) is 6.23 Å². The predicted octanol–water partition coefficient (Wildman–Crippen LogP) is 2.55. The number of nitrogens with one attached hydrogen (secondary N) is 1. The molecule has 2 amide bonds. The van der Waals surface area contributed by atoms with Crippen molar-refractivity contribution in [3.8, 4) is 0 Å². The third kappa shape index (κ3) is 4.94. The van der Waals surface area contributed by atoms with E-state index in [1.54, 1.807) is 11.1 Å². The minimum atomic E-state index is -0.341. The molecule has 0 bridgehead atoms. The van der Waals surface area contributed by atoms with Crippen molar-refractivity contribution in [1.29, 1.82) is 0 Å². The maximum atomic E-state index is 12.0. The molecule has 0 radical (unpaired) electrons. The summed E-state index contributed by atoms with van der Waals surface area (Å²) in [4.78, 5) is 35.7. The van der Waals surface area contributed by atoms with Crippen LogP contribution in [0.1, 0.15) is 52.4 Å². The number of hydrogen-bond acceptors (Lipinski definition) is 6. The third-order valence-electron chi connectivity index (χ3n) is 5.04. The number of rotatable bonds is 9. The summed E-state index contributed by atoms with van der Waals surface area (Å²) in [6.45, 7) is 4.43. The number of carbonyl (C=O) groups is 2. The van der Waals surface area contributed by atoms with Gasteiger partial charge in [0.2, 0.25) is 18.3 Å². The Bertz CT molecular complexity index is 679. The van der Waals surface area contributed by atoms with Crippen LogP contribution >= 0.6 is 0 Å². The highest BCUT2D eigenvalue weighted by atomic mass is 16.5. The van der Waals surface area contributed by atoms with Gasteiger partial charge in [0, 0.05) is 20.5 Å². The van der Waals surface area contributed by atoms with E-state index >= 15 is 0 Å². The Morgan fingerprint density at radius 3 is 2.78 bits per heavy atom. The molecule has 2 aliphatic rings. The first kappa shape index (κ1) is 19.5. The van der Waals surface area contributed by atoms with Crippen LogP contribution in [0, 0.1) is 5.92 Å². The quantitative estimate of drug-likeness (QED) is 0.668. The van der Waals surface area contributed by atoms with Crippen LogP contribution < -0.4 is 15.1 Å². The van der Waals surface area contributed by atoms with Crippen molar-refractivity contribution < 1.29 is 14.3 Å². The molecule has 1 aliphatic carbocycles. The van der Waals surface area contributed by atoms with Crippen LogP contribution in [-0.2, 0) is 14.3 Å². The molecular formula is C19H29N5O3. The zero-order chi connectivity index (χ0) is 19.4. The van der Waals surface area contributed by atoms with Gasteiger partial charge in [0.15, 0.2) is 5.82 Å². The van der Waals surface area contributed by atoms with Crippen LogP contribution in [-0.4, -0.2) is 48.2 Å².